The van der Waals surface area contributed by atoms with Crippen molar-refractivity contribution in [3.8, 4) is 22.6 Å². The summed E-state index contributed by atoms with van der Waals surface area (Å²) in [6, 6.07) is 22.2. The maximum Gasteiger partial charge on any atom is 0.231 e. The van der Waals surface area contributed by atoms with Crippen molar-refractivity contribution in [2.75, 3.05) is 6.79 Å². The lowest BCUT2D eigenvalue weighted by Gasteiger charge is -2.15. The van der Waals surface area contributed by atoms with E-state index in [4.69, 9.17) is 9.47 Å². The van der Waals surface area contributed by atoms with Crippen LogP contribution in [-0.4, -0.2) is 6.79 Å². The standard InChI is InChI=1S/C26H22O2/c1-16-12-17-13-25-26(28-15-27-25)14-24(17)18(16)10-11-23-21-8-4-2-6-19(21)20-7-3-5-9-22(20)23/h2-9,13-14,23H,10-12,15H2,1H3. The molecule has 0 radical (unpaired) electrons. The van der Waals surface area contributed by atoms with Gasteiger partial charge in [-0.15, -0.1) is 0 Å². The summed E-state index contributed by atoms with van der Waals surface area (Å²) in [5.41, 5.74) is 11.5. The molecule has 6 rings (SSSR count). The Morgan fingerprint density at radius 1 is 0.821 bits per heavy atom. The number of ether oxygens (including phenoxy) is 2. The Balaban J connectivity index is 1.34. The molecule has 138 valence electrons. The number of benzene rings is 3. The fourth-order valence-corrected chi connectivity index (χ4v) is 5.24. The summed E-state index contributed by atoms with van der Waals surface area (Å²) in [7, 11) is 0. The summed E-state index contributed by atoms with van der Waals surface area (Å²) in [5.74, 6) is 2.26. The molecule has 2 aliphatic carbocycles. The molecule has 3 aliphatic rings. The van der Waals surface area contributed by atoms with Crippen molar-refractivity contribution in [1.82, 2.24) is 0 Å². The molecule has 28 heavy (non-hydrogen) atoms. The number of rotatable bonds is 3. The van der Waals surface area contributed by atoms with Gasteiger partial charge in [0.15, 0.2) is 11.5 Å². The highest BCUT2D eigenvalue weighted by atomic mass is 16.7. The Morgan fingerprint density at radius 2 is 1.46 bits per heavy atom. The predicted octanol–water partition coefficient (Wildman–Crippen LogP) is 6.34. The largest absolute Gasteiger partial charge is 0.454 e. The minimum absolute atomic E-state index is 0.339. The van der Waals surface area contributed by atoms with Gasteiger partial charge < -0.3 is 9.47 Å². The normalized spacial score (nSPS) is 16.3. The highest BCUT2D eigenvalue weighted by molar-refractivity contribution is 5.80. The van der Waals surface area contributed by atoms with Crippen molar-refractivity contribution >= 4 is 5.57 Å². The highest BCUT2D eigenvalue weighted by Gasteiger charge is 2.30. The fourth-order valence-electron chi connectivity index (χ4n) is 5.24. The average Bonchev–Trinajstić information content (AvgIpc) is 3.38. The van der Waals surface area contributed by atoms with Crippen molar-refractivity contribution < 1.29 is 9.47 Å². The summed E-state index contributed by atoms with van der Waals surface area (Å²) in [5, 5.41) is 0. The van der Waals surface area contributed by atoms with Crippen LogP contribution in [0.3, 0.4) is 0 Å². The van der Waals surface area contributed by atoms with Crippen LogP contribution in [0.2, 0.25) is 0 Å². The lowest BCUT2D eigenvalue weighted by molar-refractivity contribution is 0.174. The fraction of sp³-hybridized carbons (Fsp3) is 0.231. The minimum Gasteiger partial charge on any atom is -0.454 e. The molecule has 2 nitrogen and oxygen atoms in total. The van der Waals surface area contributed by atoms with Crippen LogP contribution in [-0.2, 0) is 6.42 Å². The van der Waals surface area contributed by atoms with E-state index in [1.807, 2.05) is 0 Å². The Bertz CT molecular complexity index is 1090. The van der Waals surface area contributed by atoms with Gasteiger partial charge in [0, 0.05) is 5.92 Å². The number of hydrogen-bond acceptors (Lipinski definition) is 2. The molecule has 0 N–H and O–H groups in total. The van der Waals surface area contributed by atoms with E-state index >= 15 is 0 Å². The average molecular weight is 366 g/mol. The molecule has 0 saturated carbocycles. The zero-order valence-corrected chi connectivity index (χ0v) is 16.0. The van der Waals surface area contributed by atoms with Gasteiger partial charge in [-0.2, -0.15) is 0 Å². The first-order valence-electron chi connectivity index (χ1n) is 10.1. The minimum atomic E-state index is 0.339. The third-order valence-electron chi connectivity index (χ3n) is 6.54. The van der Waals surface area contributed by atoms with E-state index < -0.39 is 0 Å². The summed E-state index contributed by atoms with van der Waals surface area (Å²) in [4.78, 5) is 0. The molecule has 0 atom stereocenters. The van der Waals surface area contributed by atoms with Gasteiger partial charge >= 0.3 is 0 Å². The van der Waals surface area contributed by atoms with Crippen LogP contribution in [0.4, 0.5) is 0 Å². The molecule has 0 saturated heterocycles. The summed E-state index contributed by atoms with van der Waals surface area (Å²) in [6.07, 6.45) is 3.25. The van der Waals surface area contributed by atoms with Crippen LogP contribution in [0.25, 0.3) is 16.7 Å². The highest BCUT2D eigenvalue weighted by Crippen LogP contribution is 2.49. The molecule has 2 heteroatoms. The van der Waals surface area contributed by atoms with Gasteiger partial charge in [0.2, 0.25) is 6.79 Å². The maximum absolute atomic E-state index is 5.63. The number of allylic oxidation sites excluding steroid dienone is 2. The lowest BCUT2D eigenvalue weighted by Crippen LogP contribution is -1.98. The van der Waals surface area contributed by atoms with Crippen LogP contribution in [0.5, 0.6) is 11.5 Å². The van der Waals surface area contributed by atoms with E-state index in [9.17, 15) is 0 Å². The van der Waals surface area contributed by atoms with E-state index in [2.05, 4.69) is 67.6 Å². The Hall–Kier alpha value is -3.00. The van der Waals surface area contributed by atoms with Crippen LogP contribution in [0, 0.1) is 0 Å². The molecular weight excluding hydrogens is 344 g/mol. The van der Waals surface area contributed by atoms with E-state index in [1.165, 1.54) is 44.5 Å². The molecule has 0 bridgehead atoms. The van der Waals surface area contributed by atoms with E-state index in [0.29, 0.717) is 12.7 Å². The maximum atomic E-state index is 5.63. The third-order valence-corrected chi connectivity index (χ3v) is 6.54. The second-order valence-electron chi connectivity index (χ2n) is 8.06. The van der Waals surface area contributed by atoms with Crippen LogP contribution in [0.1, 0.15) is 47.9 Å². The van der Waals surface area contributed by atoms with Crippen LogP contribution < -0.4 is 9.47 Å². The topological polar surface area (TPSA) is 18.5 Å². The number of hydrogen-bond donors (Lipinski definition) is 0. The first kappa shape index (κ1) is 16.0. The van der Waals surface area contributed by atoms with Gasteiger partial charge in [-0.1, -0.05) is 54.1 Å². The first-order chi connectivity index (χ1) is 13.8. The smallest absolute Gasteiger partial charge is 0.231 e. The molecule has 1 heterocycles. The van der Waals surface area contributed by atoms with Gasteiger partial charge in [-0.05, 0) is 77.3 Å². The second-order valence-corrected chi connectivity index (χ2v) is 8.06. The molecule has 0 fully saturated rings. The van der Waals surface area contributed by atoms with E-state index in [1.54, 1.807) is 0 Å². The Morgan fingerprint density at radius 3 is 2.18 bits per heavy atom. The molecule has 3 aromatic rings. The summed E-state index contributed by atoms with van der Waals surface area (Å²) in [6.45, 7) is 2.62. The monoisotopic (exact) mass is 366 g/mol. The Kier molecular flexibility index (Phi) is 3.43. The van der Waals surface area contributed by atoms with Crippen molar-refractivity contribution in [2.24, 2.45) is 0 Å². The SMILES string of the molecule is CC1=C(CCC2c3ccccc3-c3ccccc32)c2cc3c(cc2C1)OCO3. The zero-order valence-electron chi connectivity index (χ0n) is 16.0. The molecule has 0 unspecified atom stereocenters. The molecule has 0 aromatic heterocycles. The molecule has 1 aliphatic heterocycles. The zero-order chi connectivity index (χ0) is 18.7. The first-order valence-corrected chi connectivity index (χ1v) is 10.1. The summed E-state index contributed by atoms with van der Waals surface area (Å²) < 4.78 is 11.2. The molecular formula is C26H22O2. The molecule has 0 amide bonds. The predicted molar refractivity (Wildman–Crippen MR) is 112 cm³/mol. The lowest BCUT2D eigenvalue weighted by atomic mass is 9.89. The van der Waals surface area contributed by atoms with Crippen LogP contribution >= 0.6 is 0 Å². The van der Waals surface area contributed by atoms with E-state index in [0.717, 1.165) is 30.8 Å². The quantitative estimate of drug-likeness (QED) is 0.539. The van der Waals surface area contributed by atoms with Crippen molar-refractivity contribution in [1.29, 1.82) is 0 Å². The van der Waals surface area contributed by atoms with Crippen molar-refractivity contribution in [2.45, 2.75) is 32.1 Å². The van der Waals surface area contributed by atoms with Gasteiger partial charge in [0.05, 0.1) is 0 Å². The Labute approximate surface area is 165 Å². The van der Waals surface area contributed by atoms with Gasteiger partial charge in [-0.25, -0.2) is 0 Å². The summed E-state index contributed by atoms with van der Waals surface area (Å²) >= 11 is 0. The van der Waals surface area contributed by atoms with Crippen molar-refractivity contribution in [3.05, 3.63) is 88.5 Å². The number of fused-ring (bicyclic) bond motifs is 5. The molecule has 0 spiro atoms. The van der Waals surface area contributed by atoms with Gasteiger partial charge in [-0.3, -0.25) is 0 Å². The van der Waals surface area contributed by atoms with Gasteiger partial charge in [0.1, 0.15) is 0 Å². The van der Waals surface area contributed by atoms with Crippen LogP contribution in [0.15, 0.2) is 66.2 Å². The molecule has 3 aromatic carbocycles. The van der Waals surface area contributed by atoms with Gasteiger partial charge in [0.25, 0.3) is 0 Å². The third kappa shape index (κ3) is 2.27. The second kappa shape index (κ2) is 6.00. The van der Waals surface area contributed by atoms with Crippen molar-refractivity contribution in [3.63, 3.8) is 0 Å². The van der Waals surface area contributed by atoms with E-state index in [-0.39, 0.29) is 0 Å².